The first-order valence-electron chi connectivity index (χ1n) is 9.02. The summed E-state index contributed by atoms with van der Waals surface area (Å²) in [6.07, 6.45) is 9.55. The van der Waals surface area contributed by atoms with E-state index in [0.717, 1.165) is 18.5 Å². The second kappa shape index (κ2) is 7.85. The van der Waals surface area contributed by atoms with Gasteiger partial charge in [0.05, 0.1) is 4.90 Å². The molecule has 2 aliphatic rings. The molecule has 2 aliphatic carbocycles. The smallest absolute Gasteiger partial charge is 0.238 e. The number of ether oxygens (including phenoxy) is 1. The lowest BCUT2D eigenvalue weighted by molar-refractivity contribution is 0.161. The Labute approximate surface area is 145 Å². The van der Waals surface area contributed by atoms with Crippen LogP contribution in [0.2, 0.25) is 0 Å². The Hall–Kier alpha value is -1.11. The van der Waals surface area contributed by atoms with Crippen molar-refractivity contribution in [1.82, 2.24) is 4.90 Å². The van der Waals surface area contributed by atoms with Crippen LogP contribution in [0.4, 0.5) is 0 Å². The molecule has 134 valence electrons. The van der Waals surface area contributed by atoms with E-state index < -0.39 is 10.0 Å². The minimum atomic E-state index is -3.64. The Morgan fingerprint density at radius 2 is 1.71 bits per heavy atom. The molecule has 1 aromatic rings. The Balaban J connectivity index is 1.46. The molecule has 2 N–H and O–H groups in total. The summed E-state index contributed by atoms with van der Waals surface area (Å²) in [5.74, 6) is 1.55. The van der Waals surface area contributed by atoms with Gasteiger partial charge in [0.25, 0.3) is 0 Å². The van der Waals surface area contributed by atoms with Crippen LogP contribution in [0.5, 0.6) is 5.75 Å². The van der Waals surface area contributed by atoms with Crippen LogP contribution >= 0.6 is 0 Å². The molecule has 0 amide bonds. The minimum absolute atomic E-state index is 0.117. The van der Waals surface area contributed by atoms with E-state index in [0.29, 0.717) is 12.4 Å². The van der Waals surface area contributed by atoms with E-state index in [1.807, 2.05) is 0 Å². The SMILES string of the molecule is NS(=O)(=O)c1ccc(OCCN(CC2CCCCC2)C2CC2)cc1. The molecule has 0 saturated heterocycles. The predicted molar refractivity (Wildman–Crippen MR) is 94.5 cm³/mol. The highest BCUT2D eigenvalue weighted by molar-refractivity contribution is 7.89. The van der Waals surface area contributed by atoms with Crippen molar-refractivity contribution in [3.05, 3.63) is 24.3 Å². The number of hydrogen-bond donors (Lipinski definition) is 1. The Bertz CT molecular complexity index is 620. The van der Waals surface area contributed by atoms with E-state index in [4.69, 9.17) is 9.88 Å². The monoisotopic (exact) mass is 352 g/mol. The van der Waals surface area contributed by atoms with Crippen LogP contribution in [0, 0.1) is 5.92 Å². The van der Waals surface area contributed by atoms with Gasteiger partial charge in [0, 0.05) is 19.1 Å². The largest absolute Gasteiger partial charge is 0.492 e. The highest BCUT2D eigenvalue weighted by atomic mass is 32.2. The van der Waals surface area contributed by atoms with E-state index in [1.54, 1.807) is 12.1 Å². The molecule has 2 saturated carbocycles. The molecule has 0 radical (unpaired) electrons. The third-order valence-corrected chi connectivity index (χ3v) is 6.01. The quantitative estimate of drug-likeness (QED) is 0.781. The third-order valence-electron chi connectivity index (χ3n) is 5.08. The molecule has 2 fully saturated rings. The lowest BCUT2D eigenvalue weighted by Gasteiger charge is -2.29. The van der Waals surface area contributed by atoms with Crippen molar-refractivity contribution in [3.8, 4) is 5.75 Å². The molecule has 0 atom stereocenters. The zero-order chi connectivity index (χ0) is 17.0. The number of hydrogen-bond acceptors (Lipinski definition) is 4. The first-order valence-corrected chi connectivity index (χ1v) is 10.6. The van der Waals surface area contributed by atoms with Crippen molar-refractivity contribution < 1.29 is 13.2 Å². The summed E-state index contributed by atoms with van der Waals surface area (Å²) in [6.45, 7) is 2.79. The van der Waals surface area contributed by atoms with Crippen LogP contribution in [0.3, 0.4) is 0 Å². The van der Waals surface area contributed by atoms with Crippen LogP contribution in [-0.2, 0) is 10.0 Å². The lowest BCUT2D eigenvalue weighted by Crippen LogP contribution is -2.35. The summed E-state index contributed by atoms with van der Waals surface area (Å²) < 4.78 is 28.3. The number of nitrogens with zero attached hydrogens (tertiary/aromatic N) is 1. The van der Waals surface area contributed by atoms with Crippen LogP contribution in [0.15, 0.2) is 29.2 Å². The maximum Gasteiger partial charge on any atom is 0.238 e. The van der Waals surface area contributed by atoms with Gasteiger partial charge in [-0.1, -0.05) is 19.3 Å². The lowest BCUT2D eigenvalue weighted by atomic mass is 9.89. The average molecular weight is 353 g/mol. The third kappa shape index (κ3) is 5.19. The number of primary sulfonamides is 1. The molecule has 0 bridgehead atoms. The Kier molecular flexibility index (Phi) is 5.79. The van der Waals surface area contributed by atoms with Crippen molar-refractivity contribution >= 4 is 10.0 Å². The van der Waals surface area contributed by atoms with Gasteiger partial charge in [0.1, 0.15) is 12.4 Å². The van der Waals surface area contributed by atoms with Crippen molar-refractivity contribution in [2.45, 2.75) is 55.9 Å². The van der Waals surface area contributed by atoms with Crippen molar-refractivity contribution in [3.63, 3.8) is 0 Å². The molecule has 0 unspecified atom stereocenters. The molecular formula is C18H28N2O3S. The van der Waals surface area contributed by atoms with Gasteiger partial charge in [-0.05, 0) is 55.9 Å². The van der Waals surface area contributed by atoms with Gasteiger partial charge < -0.3 is 4.74 Å². The maximum atomic E-state index is 11.2. The van der Waals surface area contributed by atoms with Crippen LogP contribution in [0.1, 0.15) is 44.9 Å². The molecular weight excluding hydrogens is 324 g/mol. The summed E-state index contributed by atoms with van der Waals surface area (Å²) in [7, 11) is -3.64. The zero-order valence-corrected chi connectivity index (χ0v) is 15.0. The average Bonchev–Trinajstić information content (AvgIpc) is 3.39. The maximum absolute atomic E-state index is 11.2. The zero-order valence-electron chi connectivity index (χ0n) is 14.2. The standard InChI is InChI=1S/C18H28N2O3S/c19-24(21,22)18-10-8-17(9-11-18)23-13-12-20(16-6-7-16)14-15-4-2-1-3-5-15/h8-11,15-16H,1-7,12-14H2,(H2,19,21,22). The number of benzene rings is 1. The van der Waals surface area contributed by atoms with E-state index >= 15 is 0 Å². The summed E-state index contributed by atoms with van der Waals surface area (Å²) in [5.41, 5.74) is 0. The summed E-state index contributed by atoms with van der Waals surface area (Å²) in [4.78, 5) is 2.71. The summed E-state index contributed by atoms with van der Waals surface area (Å²) in [6, 6.07) is 7.07. The summed E-state index contributed by atoms with van der Waals surface area (Å²) in [5, 5.41) is 5.10. The molecule has 0 heterocycles. The van der Waals surface area contributed by atoms with Gasteiger partial charge in [-0.3, -0.25) is 4.90 Å². The Morgan fingerprint density at radius 3 is 2.29 bits per heavy atom. The molecule has 3 rings (SSSR count). The van der Waals surface area contributed by atoms with Crippen LogP contribution in [-0.4, -0.2) is 39.1 Å². The molecule has 6 heteroatoms. The predicted octanol–water partition coefficient (Wildman–Crippen LogP) is 2.76. The minimum Gasteiger partial charge on any atom is -0.492 e. The molecule has 24 heavy (non-hydrogen) atoms. The fourth-order valence-corrected chi connectivity index (χ4v) is 4.09. The normalized spacial score (nSPS) is 19.6. The molecule has 0 spiro atoms. The first-order chi connectivity index (χ1) is 11.5. The van der Waals surface area contributed by atoms with Gasteiger partial charge in [-0.2, -0.15) is 0 Å². The van der Waals surface area contributed by atoms with Gasteiger partial charge in [0.2, 0.25) is 10.0 Å². The van der Waals surface area contributed by atoms with E-state index in [-0.39, 0.29) is 4.90 Å². The fraction of sp³-hybridized carbons (Fsp3) is 0.667. The molecule has 1 aromatic carbocycles. The van der Waals surface area contributed by atoms with Crippen molar-refractivity contribution in [2.24, 2.45) is 11.1 Å². The van der Waals surface area contributed by atoms with E-state index in [9.17, 15) is 8.42 Å². The summed E-state index contributed by atoms with van der Waals surface area (Å²) >= 11 is 0. The fourth-order valence-electron chi connectivity index (χ4n) is 3.57. The van der Waals surface area contributed by atoms with Gasteiger partial charge in [0.15, 0.2) is 0 Å². The van der Waals surface area contributed by atoms with Gasteiger partial charge in [-0.15, -0.1) is 0 Å². The number of sulfonamides is 1. The molecule has 0 aliphatic heterocycles. The topological polar surface area (TPSA) is 72.6 Å². The van der Waals surface area contributed by atoms with Gasteiger partial charge >= 0.3 is 0 Å². The second-order valence-corrected chi connectivity index (χ2v) is 8.66. The second-order valence-electron chi connectivity index (χ2n) is 7.10. The highest BCUT2D eigenvalue weighted by Crippen LogP contribution is 2.31. The Morgan fingerprint density at radius 1 is 1.04 bits per heavy atom. The van der Waals surface area contributed by atoms with Crippen LogP contribution < -0.4 is 9.88 Å². The highest BCUT2D eigenvalue weighted by Gasteiger charge is 2.30. The molecule has 5 nitrogen and oxygen atoms in total. The van der Waals surface area contributed by atoms with Crippen molar-refractivity contribution in [2.75, 3.05) is 19.7 Å². The number of rotatable bonds is 8. The number of nitrogens with two attached hydrogens (primary N) is 1. The molecule has 0 aromatic heterocycles. The van der Waals surface area contributed by atoms with Gasteiger partial charge in [-0.25, -0.2) is 13.6 Å². The van der Waals surface area contributed by atoms with Crippen molar-refractivity contribution in [1.29, 1.82) is 0 Å². The van der Waals surface area contributed by atoms with E-state index in [1.165, 1.54) is 63.6 Å². The first kappa shape index (κ1) is 17.7. The van der Waals surface area contributed by atoms with E-state index in [2.05, 4.69) is 4.90 Å². The van der Waals surface area contributed by atoms with Crippen LogP contribution in [0.25, 0.3) is 0 Å².